The Morgan fingerprint density at radius 3 is 3.17 bits per heavy atom. The average molecular weight is 162 g/mol. The largest absolute Gasteiger partial charge is 0.478 e. The predicted octanol–water partition coefficient (Wildman–Crippen LogP) is 1.55. The van der Waals surface area contributed by atoms with E-state index in [9.17, 15) is 0 Å². The predicted molar refractivity (Wildman–Crippen MR) is 44.7 cm³/mol. The summed E-state index contributed by atoms with van der Waals surface area (Å²) in [5, 5.41) is 8.43. The maximum atomic E-state index is 8.43. The molecule has 62 valence electrons. The van der Waals surface area contributed by atoms with Crippen LogP contribution in [0.5, 0.6) is 5.88 Å². The van der Waals surface area contributed by atoms with Gasteiger partial charge in [-0.15, -0.1) is 0 Å². The number of pyridine rings is 1. The summed E-state index contributed by atoms with van der Waals surface area (Å²) in [5.74, 6) is 0.588. The van der Waals surface area contributed by atoms with Crippen molar-refractivity contribution in [2.45, 2.75) is 13.3 Å². The van der Waals surface area contributed by atoms with Crippen LogP contribution in [0.1, 0.15) is 12.5 Å². The van der Waals surface area contributed by atoms with Crippen molar-refractivity contribution in [3.8, 4) is 11.9 Å². The third kappa shape index (κ3) is 2.24. The van der Waals surface area contributed by atoms with E-state index < -0.39 is 0 Å². The molecule has 1 heterocycles. The van der Waals surface area contributed by atoms with Gasteiger partial charge in [-0.1, -0.05) is 0 Å². The van der Waals surface area contributed by atoms with Gasteiger partial charge in [0.15, 0.2) is 0 Å². The molecule has 0 spiro atoms. The number of aromatic nitrogens is 1. The Labute approximate surface area is 71.6 Å². The van der Waals surface area contributed by atoms with Gasteiger partial charge in [0.05, 0.1) is 19.1 Å². The maximum Gasteiger partial charge on any atom is 0.213 e. The first-order valence-electron chi connectivity index (χ1n) is 3.81. The molecule has 0 radical (unpaired) electrons. The molecule has 0 aliphatic heterocycles. The van der Waals surface area contributed by atoms with Gasteiger partial charge in [0.2, 0.25) is 5.88 Å². The molecule has 0 aliphatic carbocycles. The molecule has 0 amide bonds. The molecule has 3 nitrogen and oxygen atoms in total. The molecule has 0 N–H and O–H groups in total. The summed E-state index contributed by atoms with van der Waals surface area (Å²) in [4.78, 5) is 3.98. The van der Waals surface area contributed by atoms with E-state index in [1.807, 2.05) is 13.0 Å². The van der Waals surface area contributed by atoms with E-state index in [0.717, 1.165) is 5.56 Å². The van der Waals surface area contributed by atoms with Gasteiger partial charge in [0.25, 0.3) is 0 Å². The topological polar surface area (TPSA) is 45.9 Å². The summed E-state index contributed by atoms with van der Waals surface area (Å²) in [6.07, 6.45) is 2.06. The van der Waals surface area contributed by atoms with Crippen LogP contribution >= 0.6 is 0 Å². The third-order valence-corrected chi connectivity index (χ3v) is 1.37. The van der Waals surface area contributed by atoms with Crippen LogP contribution in [0.25, 0.3) is 0 Å². The summed E-state index contributed by atoms with van der Waals surface area (Å²) in [5.41, 5.74) is 0.941. The van der Waals surface area contributed by atoms with Gasteiger partial charge in [-0.3, -0.25) is 0 Å². The third-order valence-electron chi connectivity index (χ3n) is 1.37. The first-order chi connectivity index (χ1) is 5.86. The van der Waals surface area contributed by atoms with Crippen molar-refractivity contribution < 1.29 is 4.74 Å². The Morgan fingerprint density at radius 1 is 1.67 bits per heavy atom. The summed E-state index contributed by atoms with van der Waals surface area (Å²) >= 11 is 0. The summed E-state index contributed by atoms with van der Waals surface area (Å²) in [6.45, 7) is 2.50. The molecule has 1 aromatic heterocycles. The molecular formula is C9H10N2O. The van der Waals surface area contributed by atoms with Crippen molar-refractivity contribution in [3.63, 3.8) is 0 Å². The molecule has 0 bridgehead atoms. The minimum Gasteiger partial charge on any atom is -0.478 e. The fourth-order valence-corrected chi connectivity index (χ4v) is 0.879. The first-order valence-corrected chi connectivity index (χ1v) is 3.81. The van der Waals surface area contributed by atoms with E-state index in [1.54, 1.807) is 12.3 Å². The number of ether oxygens (including phenoxy) is 1. The highest BCUT2D eigenvalue weighted by Gasteiger charge is 1.95. The van der Waals surface area contributed by atoms with E-state index >= 15 is 0 Å². The SMILES string of the molecule is CCOc1cc(CC#N)ccn1. The molecule has 0 fully saturated rings. The second-order valence-electron chi connectivity index (χ2n) is 2.27. The number of rotatable bonds is 3. The van der Waals surface area contributed by atoms with Crippen LogP contribution in [-0.4, -0.2) is 11.6 Å². The number of nitriles is 1. The standard InChI is InChI=1S/C9H10N2O/c1-2-12-9-7-8(3-5-10)4-6-11-9/h4,6-7H,2-3H2,1H3. The minimum absolute atomic E-state index is 0.405. The fourth-order valence-electron chi connectivity index (χ4n) is 0.879. The van der Waals surface area contributed by atoms with E-state index in [1.165, 1.54) is 0 Å². The molecule has 12 heavy (non-hydrogen) atoms. The second-order valence-corrected chi connectivity index (χ2v) is 2.27. The van der Waals surface area contributed by atoms with Gasteiger partial charge in [-0.05, 0) is 18.6 Å². The zero-order chi connectivity index (χ0) is 8.81. The Kier molecular flexibility index (Phi) is 3.09. The second kappa shape index (κ2) is 4.35. The van der Waals surface area contributed by atoms with Crippen LogP contribution in [0.3, 0.4) is 0 Å². The Balaban J connectivity index is 2.75. The van der Waals surface area contributed by atoms with Gasteiger partial charge in [0.1, 0.15) is 0 Å². The lowest BCUT2D eigenvalue weighted by atomic mass is 10.2. The highest BCUT2D eigenvalue weighted by atomic mass is 16.5. The molecule has 0 aliphatic rings. The molecular weight excluding hydrogens is 152 g/mol. The zero-order valence-corrected chi connectivity index (χ0v) is 6.95. The Bertz CT molecular complexity index is 291. The van der Waals surface area contributed by atoms with Gasteiger partial charge in [0, 0.05) is 12.3 Å². The molecule has 0 aromatic carbocycles. The number of hydrogen-bond acceptors (Lipinski definition) is 3. The lowest BCUT2D eigenvalue weighted by Gasteiger charge is -2.01. The van der Waals surface area contributed by atoms with Crippen molar-refractivity contribution in [2.24, 2.45) is 0 Å². The normalized spacial score (nSPS) is 9.00. The molecule has 1 rings (SSSR count). The van der Waals surface area contributed by atoms with Crippen LogP contribution in [0.4, 0.5) is 0 Å². The maximum absolute atomic E-state index is 8.43. The van der Waals surface area contributed by atoms with Crippen LogP contribution in [0, 0.1) is 11.3 Å². The Hall–Kier alpha value is -1.56. The molecule has 0 saturated heterocycles. The van der Waals surface area contributed by atoms with Crippen LogP contribution in [-0.2, 0) is 6.42 Å². The van der Waals surface area contributed by atoms with Crippen LogP contribution < -0.4 is 4.74 Å². The average Bonchev–Trinajstić information content (AvgIpc) is 2.06. The van der Waals surface area contributed by atoms with E-state index in [2.05, 4.69) is 11.1 Å². The number of nitrogens with zero attached hydrogens (tertiary/aromatic N) is 2. The zero-order valence-electron chi connectivity index (χ0n) is 6.95. The highest BCUT2D eigenvalue weighted by molar-refractivity contribution is 5.22. The smallest absolute Gasteiger partial charge is 0.213 e. The molecule has 0 unspecified atom stereocenters. The van der Waals surface area contributed by atoms with Gasteiger partial charge in [-0.2, -0.15) is 5.26 Å². The summed E-state index contributed by atoms with van der Waals surface area (Å²) in [7, 11) is 0. The monoisotopic (exact) mass is 162 g/mol. The minimum atomic E-state index is 0.405. The van der Waals surface area contributed by atoms with Crippen molar-refractivity contribution in [3.05, 3.63) is 23.9 Å². The van der Waals surface area contributed by atoms with Crippen LogP contribution in [0.2, 0.25) is 0 Å². The van der Waals surface area contributed by atoms with Crippen molar-refractivity contribution in [2.75, 3.05) is 6.61 Å². The lowest BCUT2D eigenvalue weighted by Crippen LogP contribution is -1.94. The molecule has 0 atom stereocenters. The number of hydrogen-bond donors (Lipinski definition) is 0. The fraction of sp³-hybridized carbons (Fsp3) is 0.333. The van der Waals surface area contributed by atoms with Gasteiger partial charge < -0.3 is 4.74 Å². The van der Waals surface area contributed by atoms with Gasteiger partial charge in [-0.25, -0.2) is 4.98 Å². The highest BCUT2D eigenvalue weighted by Crippen LogP contribution is 2.08. The summed E-state index contributed by atoms with van der Waals surface area (Å²) < 4.78 is 5.17. The molecule has 3 heteroatoms. The van der Waals surface area contributed by atoms with Gasteiger partial charge >= 0.3 is 0 Å². The molecule has 0 saturated carbocycles. The van der Waals surface area contributed by atoms with Crippen molar-refractivity contribution in [1.82, 2.24) is 4.98 Å². The van der Waals surface area contributed by atoms with Crippen molar-refractivity contribution in [1.29, 1.82) is 5.26 Å². The summed E-state index contributed by atoms with van der Waals surface area (Å²) in [6, 6.07) is 5.67. The van der Waals surface area contributed by atoms with E-state index in [-0.39, 0.29) is 0 Å². The van der Waals surface area contributed by atoms with E-state index in [4.69, 9.17) is 10.00 Å². The Morgan fingerprint density at radius 2 is 2.50 bits per heavy atom. The molecule has 1 aromatic rings. The lowest BCUT2D eigenvalue weighted by molar-refractivity contribution is 0.326. The first kappa shape index (κ1) is 8.54. The van der Waals surface area contributed by atoms with Crippen molar-refractivity contribution >= 4 is 0 Å². The van der Waals surface area contributed by atoms with Crippen LogP contribution in [0.15, 0.2) is 18.3 Å². The van der Waals surface area contributed by atoms with E-state index in [0.29, 0.717) is 18.9 Å². The quantitative estimate of drug-likeness (QED) is 0.677.